The number of ether oxygens (including phenoxy) is 3. The molecule has 2 aromatic carbocycles. The van der Waals surface area contributed by atoms with Gasteiger partial charge in [-0.25, -0.2) is 14.8 Å². The monoisotopic (exact) mass is 474 g/mol. The molecule has 0 amide bonds. The van der Waals surface area contributed by atoms with Gasteiger partial charge >= 0.3 is 5.97 Å². The van der Waals surface area contributed by atoms with E-state index in [0.717, 1.165) is 41.7 Å². The minimum Gasteiger partial charge on any atom is -0.497 e. The number of methoxy groups -OCH3 is 1. The molecule has 1 N–H and O–H groups in total. The van der Waals surface area contributed by atoms with E-state index in [1.54, 1.807) is 7.11 Å². The average Bonchev–Trinajstić information content (AvgIpc) is 3.29. The number of rotatable bonds is 8. The molecule has 1 aliphatic carbocycles. The number of nitrogens with zero attached hydrogens (tertiary/aromatic N) is 2. The lowest BCUT2D eigenvalue weighted by atomic mass is 9.94. The van der Waals surface area contributed by atoms with Gasteiger partial charge in [0.05, 0.1) is 13.2 Å². The number of hydrogen-bond donors (Lipinski definition) is 1. The molecule has 8 nitrogen and oxygen atoms in total. The van der Waals surface area contributed by atoms with Crippen LogP contribution in [0.25, 0.3) is 33.6 Å². The molecule has 5 rings (SSSR count). The Balaban J connectivity index is 1.55. The lowest BCUT2D eigenvalue weighted by Gasteiger charge is -2.29. The van der Waals surface area contributed by atoms with Crippen LogP contribution in [-0.4, -0.2) is 47.0 Å². The first kappa shape index (κ1) is 22.9. The summed E-state index contributed by atoms with van der Waals surface area (Å²) in [4.78, 5) is 19.8. The molecular formula is C27H26N2O6. The molecule has 2 heterocycles. The van der Waals surface area contributed by atoms with Crippen molar-refractivity contribution in [1.82, 2.24) is 9.97 Å². The third kappa shape index (κ3) is 4.97. The smallest absolute Gasteiger partial charge is 0.329 e. The highest BCUT2D eigenvalue weighted by atomic mass is 16.5. The molecule has 0 aliphatic heterocycles. The van der Waals surface area contributed by atoms with Crippen LogP contribution in [0.2, 0.25) is 0 Å². The summed E-state index contributed by atoms with van der Waals surface area (Å²) in [5.41, 5.74) is 3.13. The second-order valence-corrected chi connectivity index (χ2v) is 8.49. The van der Waals surface area contributed by atoms with Gasteiger partial charge in [0.15, 0.2) is 0 Å². The van der Waals surface area contributed by atoms with Crippen LogP contribution in [0.15, 0.2) is 65.3 Å². The van der Waals surface area contributed by atoms with Gasteiger partial charge in [-0.05, 0) is 37.0 Å². The fraction of sp³-hybridized carbons (Fsp3) is 0.296. The molecule has 2 atom stereocenters. The Hall–Kier alpha value is -3.91. The van der Waals surface area contributed by atoms with Crippen LogP contribution in [0.5, 0.6) is 11.6 Å². The van der Waals surface area contributed by atoms with E-state index in [-0.39, 0.29) is 18.8 Å². The number of fused-ring (bicyclic) bond motifs is 1. The maximum atomic E-state index is 10.9. The van der Waals surface area contributed by atoms with Gasteiger partial charge in [-0.1, -0.05) is 42.5 Å². The summed E-state index contributed by atoms with van der Waals surface area (Å²) in [5.74, 6) is 0.907. The van der Waals surface area contributed by atoms with E-state index in [1.807, 2.05) is 54.6 Å². The second kappa shape index (κ2) is 10.1. The molecule has 1 saturated carbocycles. The zero-order valence-electron chi connectivity index (χ0n) is 19.3. The van der Waals surface area contributed by atoms with E-state index in [9.17, 15) is 4.79 Å². The standard InChI is InChI=1S/C27H26N2O6/c1-32-19-12-10-17(11-13-19)23-24-26(34-21-9-5-8-20(14-21)33-15-22(30)31)28-16-29-27(24)35-25(23)18-6-3-2-4-7-18/h2-4,6-7,10-13,16,20-21H,5,8-9,14-15H2,1H3,(H,30,31). The molecule has 1 aliphatic rings. The van der Waals surface area contributed by atoms with Crippen LogP contribution >= 0.6 is 0 Å². The number of hydrogen-bond acceptors (Lipinski definition) is 7. The molecule has 0 saturated heterocycles. The third-order valence-corrected chi connectivity index (χ3v) is 6.17. The van der Waals surface area contributed by atoms with Crippen LogP contribution in [-0.2, 0) is 9.53 Å². The first-order chi connectivity index (χ1) is 17.1. The predicted octanol–water partition coefficient (Wildman–Crippen LogP) is 5.36. The Morgan fingerprint density at radius 2 is 1.80 bits per heavy atom. The van der Waals surface area contributed by atoms with Gasteiger partial charge in [0, 0.05) is 17.5 Å². The Morgan fingerprint density at radius 1 is 1.03 bits per heavy atom. The van der Waals surface area contributed by atoms with Crippen molar-refractivity contribution in [2.24, 2.45) is 0 Å². The molecule has 2 unspecified atom stereocenters. The number of carboxylic acid groups (broad SMARTS) is 1. The van der Waals surface area contributed by atoms with Crippen LogP contribution in [0.3, 0.4) is 0 Å². The number of aromatic nitrogens is 2. The highest BCUT2D eigenvalue weighted by molar-refractivity contribution is 6.03. The second-order valence-electron chi connectivity index (χ2n) is 8.49. The summed E-state index contributed by atoms with van der Waals surface area (Å²) < 4.78 is 23.5. The van der Waals surface area contributed by atoms with Crippen molar-refractivity contribution in [2.75, 3.05) is 13.7 Å². The van der Waals surface area contributed by atoms with E-state index in [1.165, 1.54) is 6.33 Å². The lowest BCUT2D eigenvalue weighted by Crippen LogP contribution is -2.31. The van der Waals surface area contributed by atoms with Crippen LogP contribution < -0.4 is 9.47 Å². The SMILES string of the molecule is COc1ccc(-c2c(-c3ccccc3)oc3ncnc(OC4CCCC(OCC(=O)O)C4)c23)cc1. The number of carbonyl (C=O) groups is 1. The van der Waals surface area contributed by atoms with E-state index in [0.29, 0.717) is 29.2 Å². The number of furan rings is 1. The minimum atomic E-state index is -0.971. The molecule has 1 fully saturated rings. The molecule has 4 aromatic rings. The molecule has 0 radical (unpaired) electrons. The Labute approximate surface area is 202 Å². The van der Waals surface area contributed by atoms with E-state index < -0.39 is 5.97 Å². The van der Waals surface area contributed by atoms with Crippen molar-refractivity contribution in [3.63, 3.8) is 0 Å². The van der Waals surface area contributed by atoms with Gasteiger partial charge in [0.1, 0.15) is 35.9 Å². The molecule has 0 spiro atoms. The fourth-order valence-electron chi connectivity index (χ4n) is 4.53. The zero-order valence-corrected chi connectivity index (χ0v) is 19.3. The number of carboxylic acids is 1. The van der Waals surface area contributed by atoms with Crippen molar-refractivity contribution in [3.05, 3.63) is 60.9 Å². The van der Waals surface area contributed by atoms with Gasteiger partial charge < -0.3 is 23.7 Å². The highest BCUT2D eigenvalue weighted by Crippen LogP contribution is 2.44. The molecule has 8 heteroatoms. The quantitative estimate of drug-likeness (QED) is 0.364. The number of benzene rings is 2. The molecule has 180 valence electrons. The van der Waals surface area contributed by atoms with Gasteiger partial charge in [-0.15, -0.1) is 0 Å². The van der Waals surface area contributed by atoms with Gasteiger partial charge in [-0.3, -0.25) is 0 Å². The minimum absolute atomic E-state index is 0.153. The topological polar surface area (TPSA) is 104 Å². The maximum absolute atomic E-state index is 10.9. The molecule has 2 aromatic heterocycles. The van der Waals surface area contributed by atoms with E-state index >= 15 is 0 Å². The zero-order chi connectivity index (χ0) is 24.2. The Kier molecular flexibility index (Phi) is 6.63. The van der Waals surface area contributed by atoms with Gasteiger partial charge in [-0.2, -0.15) is 0 Å². The summed E-state index contributed by atoms with van der Waals surface area (Å²) >= 11 is 0. The fourth-order valence-corrected chi connectivity index (χ4v) is 4.53. The van der Waals surface area contributed by atoms with Crippen molar-refractivity contribution < 1.29 is 28.5 Å². The van der Waals surface area contributed by atoms with E-state index in [2.05, 4.69) is 9.97 Å². The van der Waals surface area contributed by atoms with Crippen LogP contribution in [0, 0.1) is 0 Å². The van der Waals surface area contributed by atoms with Crippen molar-refractivity contribution in [3.8, 4) is 34.1 Å². The van der Waals surface area contributed by atoms with Gasteiger partial charge in [0.25, 0.3) is 0 Å². The van der Waals surface area contributed by atoms with Crippen molar-refractivity contribution >= 4 is 17.1 Å². The molecule has 35 heavy (non-hydrogen) atoms. The van der Waals surface area contributed by atoms with Gasteiger partial charge in [0.2, 0.25) is 11.6 Å². The summed E-state index contributed by atoms with van der Waals surface area (Å²) in [6.45, 7) is -0.307. The van der Waals surface area contributed by atoms with Crippen molar-refractivity contribution in [1.29, 1.82) is 0 Å². The van der Waals surface area contributed by atoms with Crippen LogP contribution in [0.1, 0.15) is 25.7 Å². The normalized spacial score (nSPS) is 17.9. The largest absolute Gasteiger partial charge is 0.497 e. The maximum Gasteiger partial charge on any atom is 0.329 e. The summed E-state index contributed by atoms with van der Waals surface area (Å²) in [7, 11) is 1.63. The third-order valence-electron chi connectivity index (χ3n) is 6.17. The molecular weight excluding hydrogens is 448 g/mol. The van der Waals surface area contributed by atoms with E-state index in [4.69, 9.17) is 23.7 Å². The summed E-state index contributed by atoms with van der Waals surface area (Å²) in [6.07, 6.45) is 4.25. The Bertz CT molecular complexity index is 1300. The summed E-state index contributed by atoms with van der Waals surface area (Å²) in [6, 6.07) is 17.6. The average molecular weight is 475 g/mol. The first-order valence-corrected chi connectivity index (χ1v) is 11.6. The lowest BCUT2D eigenvalue weighted by molar-refractivity contribution is -0.145. The first-order valence-electron chi connectivity index (χ1n) is 11.6. The highest BCUT2D eigenvalue weighted by Gasteiger charge is 2.28. The number of aliphatic carboxylic acids is 1. The van der Waals surface area contributed by atoms with Crippen molar-refractivity contribution in [2.45, 2.75) is 37.9 Å². The van der Waals surface area contributed by atoms with Crippen LogP contribution in [0.4, 0.5) is 0 Å². The Morgan fingerprint density at radius 3 is 2.54 bits per heavy atom. The summed E-state index contributed by atoms with van der Waals surface area (Å²) in [5, 5.41) is 9.64. The predicted molar refractivity (Wildman–Crippen MR) is 129 cm³/mol. The molecule has 0 bridgehead atoms.